The molecule has 3 aromatic rings. The molecule has 0 aliphatic rings. The lowest BCUT2D eigenvalue weighted by atomic mass is 10.2. The first-order chi connectivity index (χ1) is 15.3. The number of hydrazone groups is 1. The number of hydrogen-bond acceptors (Lipinski definition) is 6. The Bertz CT molecular complexity index is 1230. The molecule has 0 spiro atoms. The van der Waals surface area contributed by atoms with Crippen molar-refractivity contribution in [2.45, 2.75) is 4.90 Å². The van der Waals surface area contributed by atoms with Crippen LogP contribution >= 0.6 is 11.6 Å². The molecule has 0 fully saturated rings. The first-order valence-corrected chi connectivity index (χ1v) is 11.2. The maximum atomic E-state index is 13.3. The minimum atomic E-state index is -4.11. The van der Waals surface area contributed by atoms with Crippen LogP contribution in [0.25, 0.3) is 0 Å². The molecule has 2 N–H and O–H groups in total. The van der Waals surface area contributed by atoms with Crippen molar-refractivity contribution in [3.05, 3.63) is 83.4 Å². The summed E-state index contributed by atoms with van der Waals surface area (Å²) in [5.74, 6) is -0.198. The number of nitrogens with one attached hydrogen (secondary N) is 1. The van der Waals surface area contributed by atoms with Gasteiger partial charge in [-0.1, -0.05) is 29.8 Å². The summed E-state index contributed by atoms with van der Waals surface area (Å²) in [4.78, 5) is 12.5. The lowest BCUT2D eigenvalue weighted by Gasteiger charge is -2.24. The third kappa shape index (κ3) is 5.57. The van der Waals surface area contributed by atoms with E-state index in [0.717, 1.165) is 4.31 Å². The second kappa shape index (κ2) is 10.2. The lowest BCUT2D eigenvalue weighted by Crippen LogP contribution is -2.39. The van der Waals surface area contributed by atoms with Crippen molar-refractivity contribution in [3.63, 3.8) is 0 Å². The standard InChI is InChI=1S/C22H20ClN3O5S/c1-31-19-9-11-20(12-10-19)32(29,30)26(18-7-4-6-17(23)13-18)15-22(28)25-24-14-16-5-2-3-8-21(16)27/h2-14,27H,15H2,1H3,(H,25,28)/b24-14-. The Morgan fingerprint density at radius 2 is 1.84 bits per heavy atom. The van der Waals surface area contributed by atoms with Gasteiger partial charge in [0.15, 0.2) is 0 Å². The molecule has 0 heterocycles. The molecule has 0 saturated heterocycles. The monoisotopic (exact) mass is 473 g/mol. The molecule has 32 heavy (non-hydrogen) atoms. The number of ether oxygens (including phenoxy) is 1. The number of carbonyl (C=O) groups is 1. The van der Waals surface area contributed by atoms with E-state index < -0.39 is 22.5 Å². The summed E-state index contributed by atoms with van der Waals surface area (Å²) in [6, 6.07) is 18.4. The molecule has 10 heteroatoms. The molecule has 0 aliphatic heterocycles. The van der Waals surface area contributed by atoms with Crippen molar-refractivity contribution in [1.29, 1.82) is 0 Å². The molecule has 0 atom stereocenters. The van der Waals surface area contributed by atoms with E-state index in [-0.39, 0.29) is 16.3 Å². The van der Waals surface area contributed by atoms with E-state index in [9.17, 15) is 18.3 Å². The number of carbonyl (C=O) groups excluding carboxylic acids is 1. The summed E-state index contributed by atoms with van der Waals surface area (Å²) in [5.41, 5.74) is 2.89. The summed E-state index contributed by atoms with van der Waals surface area (Å²) < 4.78 is 32.6. The van der Waals surface area contributed by atoms with Gasteiger partial charge in [0.05, 0.1) is 23.9 Å². The molecule has 0 aliphatic carbocycles. The highest BCUT2D eigenvalue weighted by Gasteiger charge is 2.27. The van der Waals surface area contributed by atoms with Crippen LogP contribution in [0.2, 0.25) is 5.02 Å². The van der Waals surface area contributed by atoms with Gasteiger partial charge in [0, 0.05) is 10.6 Å². The number of sulfonamides is 1. The van der Waals surface area contributed by atoms with Gasteiger partial charge in [-0.2, -0.15) is 5.10 Å². The zero-order chi connectivity index (χ0) is 23.1. The van der Waals surface area contributed by atoms with Gasteiger partial charge in [0.1, 0.15) is 18.0 Å². The van der Waals surface area contributed by atoms with Crippen molar-refractivity contribution in [2.75, 3.05) is 18.0 Å². The number of para-hydroxylation sites is 1. The van der Waals surface area contributed by atoms with E-state index in [1.54, 1.807) is 30.3 Å². The maximum Gasteiger partial charge on any atom is 0.264 e. The molecular weight excluding hydrogens is 454 g/mol. The van der Waals surface area contributed by atoms with Gasteiger partial charge in [-0.05, 0) is 54.6 Å². The predicted molar refractivity (Wildman–Crippen MR) is 123 cm³/mol. The fraction of sp³-hybridized carbons (Fsp3) is 0.0909. The van der Waals surface area contributed by atoms with Crippen LogP contribution in [0.3, 0.4) is 0 Å². The minimum absolute atomic E-state index is 0.00636. The van der Waals surface area contributed by atoms with E-state index in [2.05, 4.69) is 10.5 Å². The Hall–Kier alpha value is -3.56. The highest BCUT2D eigenvalue weighted by atomic mass is 35.5. The average molecular weight is 474 g/mol. The number of rotatable bonds is 8. The summed E-state index contributed by atoms with van der Waals surface area (Å²) in [5, 5.41) is 13.9. The van der Waals surface area contributed by atoms with Crippen molar-refractivity contribution >= 4 is 39.4 Å². The van der Waals surface area contributed by atoms with Gasteiger partial charge in [0.2, 0.25) is 0 Å². The van der Waals surface area contributed by atoms with E-state index in [4.69, 9.17) is 16.3 Å². The van der Waals surface area contributed by atoms with Crippen LogP contribution in [0.1, 0.15) is 5.56 Å². The number of nitrogens with zero attached hydrogens (tertiary/aromatic N) is 2. The fourth-order valence-corrected chi connectivity index (χ4v) is 4.35. The smallest absolute Gasteiger partial charge is 0.264 e. The maximum absolute atomic E-state index is 13.3. The molecule has 0 radical (unpaired) electrons. The van der Waals surface area contributed by atoms with Crippen LogP contribution in [0.15, 0.2) is 82.8 Å². The second-order valence-corrected chi connectivity index (χ2v) is 8.82. The third-order valence-corrected chi connectivity index (χ3v) is 6.38. The minimum Gasteiger partial charge on any atom is -0.507 e. The number of halogens is 1. The largest absolute Gasteiger partial charge is 0.507 e. The first kappa shape index (κ1) is 23.1. The predicted octanol–water partition coefficient (Wildman–Crippen LogP) is 3.40. The third-order valence-electron chi connectivity index (χ3n) is 4.36. The molecular formula is C22H20ClN3O5S. The zero-order valence-electron chi connectivity index (χ0n) is 17.0. The van der Waals surface area contributed by atoms with Crippen molar-refractivity contribution in [1.82, 2.24) is 5.43 Å². The SMILES string of the molecule is COc1ccc(S(=O)(=O)N(CC(=O)N/N=C\c2ccccc2O)c2cccc(Cl)c2)cc1. The Labute approximate surface area is 190 Å². The van der Waals surface area contributed by atoms with Gasteiger partial charge in [-0.15, -0.1) is 0 Å². The average Bonchev–Trinajstić information content (AvgIpc) is 2.78. The van der Waals surface area contributed by atoms with Crippen LogP contribution in [0.5, 0.6) is 11.5 Å². The van der Waals surface area contributed by atoms with E-state index in [1.165, 1.54) is 55.8 Å². The number of phenols is 1. The van der Waals surface area contributed by atoms with Gasteiger partial charge in [-0.3, -0.25) is 9.10 Å². The molecule has 0 bridgehead atoms. The number of anilines is 1. The molecule has 0 aromatic heterocycles. The number of aromatic hydroxyl groups is 1. The summed E-state index contributed by atoms with van der Waals surface area (Å²) in [7, 11) is -2.63. The van der Waals surface area contributed by atoms with Crippen LogP contribution < -0.4 is 14.5 Å². The van der Waals surface area contributed by atoms with Crippen molar-refractivity contribution in [2.24, 2.45) is 5.10 Å². The molecule has 8 nitrogen and oxygen atoms in total. The van der Waals surface area contributed by atoms with Gasteiger partial charge in [-0.25, -0.2) is 13.8 Å². The molecule has 1 amide bonds. The second-order valence-electron chi connectivity index (χ2n) is 6.52. The Kier molecular flexibility index (Phi) is 7.34. The van der Waals surface area contributed by atoms with Crippen LogP contribution in [0.4, 0.5) is 5.69 Å². The summed E-state index contributed by atoms with van der Waals surface area (Å²) in [6.45, 7) is -0.549. The number of amides is 1. The van der Waals surface area contributed by atoms with Crippen LogP contribution in [0, 0.1) is 0 Å². The van der Waals surface area contributed by atoms with Crippen LogP contribution in [-0.4, -0.2) is 39.3 Å². The molecule has 0 unspecified atom stereocenters. The van der Waals surface area contributed by atoms with Crippen molar-refractivity contribution in [3.8, 4) is 11.5 Å². The topological polar surface area (TPSA) is 108 Å². The molecule has 0 saturated carbocycles. The Morgan fingerprint density at radius 1 is 1.12 bits per heavy atom. The number of benzene rings is 3. The Balaban J connectivity index is 1.86. The molecule has 3 rings (SSSR count). The number of phenolic OH excluding ortho intramolecular Hbond substituents is 1. The number of hydrogen-bond donors (Lipinski definition) is 2. The normalized spacial score (nSPS) is 11.3. The number of methoxy groups -OCH3 is 1. The van der Waals surface area contributed by atoms with Gasteiger partial charge in [0.25, 0.3) is 15.9 Å². The highest BCUT2D eigenvalue weighted by Crippen LogP contribution is 2.27. The van der Waals surface area contributed by atoms with E-state index in [0.29, 0.717) is 16.3 Å². The van der Waals surface area contributed by atoms with E-state index in [1.807, 2.05) is 0 Å². The lowest BCUT2D eigenvalue weighted by molar-refractivity contribution is -0.119. The zero-order valence-corrected chi connectivity index (χ0v) is 18.5. The fourth-order valence-electron chi connectivity index (χ4n) is 2.76. The first-order valence-electron chi connectivity index (χ1n) is 9.33. The summed E-state index contributed by atoms with van der Waals surface area (Å²) in [6.07, 6.45) is 1.26. The Morgan fingerprint density at radius 3 is 2.50 bits per heavy atom. The van der Waals surface area contributed by atoms with Gasteiger partial charge >= 0.3 is 0 Å². The van der Waals surface area contributed by atoms with E-state index >= 15 is 0 Å². The van der Waals surface area contributed by atoms with Crippen molar-refractivity contribution < 1.29 is 23.1 Å². The summed E-state index contributed by atoms with van der Waals surface area (Å²) >= 11 is 6.04. The quantitative estimate of drug-likeness (QED) is 0.385. The molecule has 166 valence electrons. The van der Waals surface area contributed by atoms with Gasteiger partial charge < -0.3 is 9.84 Å². The van der Waals surface area contributed by atoms with Crippen LogP contribution in [-0.2, 0) is 14.8 Å². The highest BCUT2D eigenvalue weighted by molar-refractivity contribution is 7.92. The molecule has 3 aromatic carbocycles.